The Hall–Kier alpha value is -0.340. The van der Waals surface area contributed by atoms with Crippen LogP contribution in [0.1, 0.15) is 31.9 Å². The van der Waals surface area contributed by atoms with Gasteiger partial charge in [-0.2, -0.15) is 0 Å². The quantitative estimate of drug-likeness (QED) is 0.684. The van der Waals surface area contributed by atoms with Crippen LogP contribution in [-0.4, -0.2) is 10.4 Å². The molecule has 1 aromatic carbocycles. The van der Waals surface area contributed by atoms with Crippen molar-refractivity contribution in [2.24, 2.45) is 0 Å². The Labute approximate surface area is 94.2 Å². The van der Waals surface area contributed by atoms with Gasteiger partial charge in [0.2, 0.25) is 0 Å². The largest absolute Gasteiger partial charge is 0.290 e. The minimum atomic E-state index is 0.269. The van der Waals surface area contributed by atoms with Crippen LogP contribution >= 0.6 is 15.9 Å². The summed E-state index contributed by atoms with van der Waals surface area (Å²) in [5, 5.41) is 0. The topological polar surface area (TPSA) is 3.24 Å². The molecule has 76 valence electrons. The first-order chi connectivity index (χ1) is 6.47. The Balaban J connectivity index is 2.26. The molecule has 0 saturated heterocycles. The van der Waals surface area contributed by atoms with Crippen LogP contribution in [0, 0.1) is 0 Å². The summed E-state index contributed by atoms with van der Waals surface area (Å²) in [5.41, 5.74) is 3.21. The highest BCUT2D eigenvalue weighted by Crippen LogP contribution is 2.30. The molecule has 14 heavy (non-hydrogen) atoms. The monoisotopic (exact) mass is 253 g/mol. The van der Waals surface area contributed by atoms with Crippen molar-refractivity contribution in [2.45, 2.75) is 39.4 Å². The van der Waals surface area contributed by atoms with Crippen molar-refractivity contribution in [2.75, 3.05) is 0 Å². The third kappa shape index (κ3) is 1.86. The molecule has 0 aromatic heterocycles. The summed E-state index contributed by atoms with van der Waals surface area (Å²) in [6, 6.07) is 6.59. The first kappa shape index (κ1) is 10.2. The van der Waals surface area contributed by atoms with Gasteiger partial charge in [-0.1, -0.05) is 22.0 Å². The SMILES string of the molecule is CC(C)(C)N1Cc2ccc(Br)cc2C1. The highest BCUT2D eigenvalue weighted by molar-refractivity contribution is 9.10. The minimum Gasteiger partial charge on any atom is -0.290 e. The van der Waals surface area contributed by atoms with Crippen molar-refractivity contribution < 1.29 is 0 Å². The van der Waals surface area contributed by atoms with Crippen LogP contribution in [0.2, 0.25) is 0 Å². The number of nitrogens with zero attached hydrogens (tertiary/aromatic N) is 1. The lowest BCUT2D eigenvalue weighted by molar-refractivity contribution is 0.136. The van der Waals surface area contributed by atoms with Crippen LogP contribution in [0.5, 0.6) is 0 Å². The van der Waals surface area contributed by atoms with Crippen LogP contribution in [0.3, 0.4) is 0 Å². The average molecular weight is 254 g/mol. The first-order valence-corrected chi connectivity index (χ1v) is 5.78. The fourth-order valence-corrected chi connectivity index (χ4v) is 2.25. The van der Waals surface area contributed by atoms with Gasteiger partial charge < -0.3 is 0 Å². The maximum atomic E-state index is 3.52. The maximum absolute atomic E-state index is 3.52. The summed E-state index contributed by atoms with van der Waals surface area (Å²) in [4.78, 5) is 2.50. The fraction of sp³-hybridized carbons (Fsp3) is 0.500. The summed E-state index contributed by atoms with van der Waals surface area (Å²) in [6.45, 7) is 8.99. The molecule has 0 aliphatic carbocycles. The van der Waals surface area contributed by atoms with E-state index in [2.05, 4.69) is 59.8 Å². The molecular formula is C12H16BrN. The van der Waals surface area contributed by atoms with Crippen molar-refractivity contribution in [1.29, 1.82) is 0 Å². The van der Waals surface area contributed by atoms with Gasteiger partial charge in [-0.15, -0.1) is 0 Å². The standard InChI is InChI=1S/C12H16BrN/c1-12(2,3)14-7-9-4-5-11(13)6-10(9)8-14/h4-6H,7-8H2,1-3H3. The van der Waals surface area contributed by atoms with Gasteiger partial charge >= 0.3 is 0 Å². The van der Waals surface area contributed by atoms with E-state index in [1.165, 1.54) is 15.6 Å². The number of fused-ring (bicyclic) bond motifs is 1. The van der Waals surface area contributed by atoms with Crippen LogP contribution < -0.4 is 0 Å². The lowest BCUT2D eigenvalue weighted by Gasteiger charge is -2.31. The zero-order valence-electron chi connectivity index (χ0n) is 8.97. The molecule has 1 aliphatic heterocycles. The van der Waals surface area contributed by atoms with Gasteiger partial charge in [0.15, 0.2) is 0 Å². The molecule has 0 spiro atoms. The smallest absolute Gasteiger partial charge is 0.0246 e. The summed E-state index contributed by atoms with van der Waals surface area (Å²) >= 11 is 3.52. The normalized spacial score (nSPS) is 17.1. The van der Waals surface area contributed by atoms with Gasteiger partial charge in [0.1, 0.15) is 0 Å². The summed E-state index contributed by atoms with van der Waals surface area (Å²) in [6.07, 6.45) is 0. The molecule has 1 aromatic rings. The number of benzene rings is 1. The number of rotatable bonds is 0. The minimum absolute atomic E-state index is 0.269. The molecule has 2 rings (SSSR count). The third-order valence-electron chi connectivity index (χ3n) is 2.84. The van der Waals surface area contributed by atoms with Gasteiger partial charge in [0, 0.05) is 23.1 Å². The van der Waals surface area contributed by atoms with Gasteiger partial charge in [0.25, 0.3) is 0 Å². The first-order valence-electron chi connectivity index (χ1n) is 4.99. The van der Waals surface area contributed by atoms with Crippen molar-refractivity contribution in [3.63, 3.8) is 0 Å². The molecule has 0 fully saturated rings. The molecule has 0 bridgehead atoms. The van der Waals surface area contributed by atoms with Gasteiger partial charge in [-0.3, -0.25) is 4.90 Å². The molecule has 1 aliphatic rings. The number of halogens is 1. The Kier molecular flexibility index (Phi) is 2.44. The Morgan fingerprint density at radius 1 is 1.14 bits per heavy atom. The zero-order valence-corrected chi connectivity index (χ0v) is 10.6. The molecule has 0 amide bonds. The lowest BCUT2D eigenvalue weighted by Crippen LogP contribution is -2.36. The van der Waals surface area contributed by atoms with E-state index in [1.807, 2.05) is 0 Å². The van der Waals surface area contributed by atoms with E-state index >= 15 is 0 Å². The highest BCUT2D eigenvalue weighted by atomic mass is 79.9. The van der Waals surface area contributed by atoms with Crippen molar-refractivity contribution in [3.8, 4) is 0 Å². The van der Waals surface area contributed by atoms with Gasteiger partial charge in [-0.25, -0.2) is 0 Å². The van der Waals surface area contributed by atoms with E-state index in [4.69, 9.17) is 0 Å². The highest BCUT2D eigenvalue weighted by Gasteiger charge is 2.27. The molecule has 1 heterocycles. The maximum Gasteiger partial charge on any atom is 0.0246 e. The third-order valence-corrected chi connectivity index (χ3v) is 3.33. The van der Waals surface area contributed by atoms with Crippen LogP contribution in [0.25, 0.3) is 0 Å². The average Bonchev–Trinajstić information content (AvgIpc) is 2.45. The van der Waals surface area contributed by atoms with E-state index < -0.39 is 0 Å². The van der Waals surface area contributed by atoms with E-state index in [1.54, 1.807) is 0 Å². The fourth-order valence-electron chi connectivity index (χ4n) is 1.84. The lowest BCUT2D eigenvalue weighted by atomic mass is 10.1. The molecule has 0 radical (unpaired) electrons. The van der Waals surface area contributed by atoms with Crippen molar-refractivity contribution in [3.05, 3.63) is 33.8 Å². The van der Waals surface area contributed by atoms with Gasteiger partial charge in [-0.05, 0) is 44.0 Å². The predicted octanol–water partition coefficient (Wildman–Crippen LogP) is 3.56. The van der Waals surface area contributed by atoms with Crippen molar-refractivity contribution >= 4 is 15.9 Å². The second kappa shape index (κ2) is 3.35. The number of hydrogen-bond donors (Lipinski definition) is 0. The molecular weight excluding hydrogens is 238 g/mol. The van der Waals surface area contributed by atoms with Gasteiger partial charge in [0.05, 0.1) is 0 Å². The Morgan fingerprint density at radius 3 is 2.43 bits per heavy atom. The zero-order chi connectivity index (χ0) is 10.3. The van der Waals surface area contributed by atoms with E-state index in [9.17, 15) is 0 Å². The second-order valence-corrected chi connectivity index (χ2v) is 5.86. The molecule has 2 heteroatoms. The summed E-state index contributed by atoms with van der Waals surface area (Å²) in [5.74, 6) is 0. The summed E-state index contributed by atoms with van der Waals surface area (Å²) < 4.78 is 1.19. The molecule has 0 saturated carbocycles. The summed E-state index contributed by atoms with van der Waals surface area (Å²) in [7, 11) is 0. The van der Waals surface area contributed by atoms with E-state index in [0.717, 1.165) is 13.1 Å². The molecule has 0 unspecified atom stereocenters. The van der Waals surface area contributed by atoms with Crippen molar-refractivity contribution in [1.82, 2.24) is 4.90 Å². The predicted molar refractivity (Wildman–Crippen MR) is 63.1 cm³/mol. The second-order valence-electron chi connectivity index (χ2n) is 4.94. The van der Waals surface area contributed by atoms with Crippen LogP contribution in [0.4, 0.5) is 0 Å². The molecule has 0 atom stereocenters. The van der Waals surface area contributed by atoms with Crippen LogP contribution in [0.15, 0.2) is 22.7 Å². The van der Waals surface area contributed by atoms with E-state index in [-0.39, 0.29) is 5.54 Å². The Bertz CT molecular complexity index is 352. The van der Waals surface area contributed by atoms with E-state index in [0.29, 0.717) is 0 Å². The van der Waals surface area contributed by atoms with Crippen LogP contribution in [-0.2, 0) is 13.1 Å². The molecule has 0 N–H and O–H groups in total. The Morgan fingerprint density at radius 2 is 1.79 bits per heavy atom. The number of hydrogen-bond acceptors (Lipinski definition) is 1. The molecule has 1 nitrogen and oxygen atoms in total.